The van der Waals surface area contributed by atoms with Gasteiger partial charge in [0.1, 0.15) is 12.3 Å². The number of halogens is 3. The molecule has 0 unspecified atom stereocenters. The van der Waals surface area contributed by atoms with Gasteiger partial charge in [-0.2, -0.15) is 13.2 Å². The fourth-order valence-electron chi connectivity index (χ4n) is 2.47. The first kappa shape index (κ1) is 19.5. The minimum atomic E-state index is -5.04. The number of alkyl halides is 3. The van der Waals surface area contributed by atoms with Crippen LogP contribution in [-0.2, 0) is 14.4 Å². The van der Waals surface area contributed by atoms with E-state index in [-0.39, 0.29) is 36.2 Å². The lowest BCUT2D eigenvalue weighted by molar-refractivity contribution is -0.167. The van der Waals surface area contributed by atoms with Crippen molar-refractivity contribution in [2.45, 2.75) is 20.0 Å². The van der Waals surface area contributed by atoms with Gasteiger partial charge in [0, 0.05) is 18.8 Å². The Morgan fingerprint density at radius 3 is 2.50 bits per heavy atom. The fourth-order valence-corrected chi connectivity index (χ4v) is 2.47. The van der Waals surface area contributed by atoms with Crippen molar-refractivity contribution in [2.75, 3.05) is 36.5 Å². The summed E-state index contributed by atoms with van der Waals surface area (Å²) in [6.45, 7) is 3.95. The van der Waals surface area contributed by atoms with E-state index in [2.05, 4.69) is 0 Å². The van der Waals surface area contributed by atoms with Gasteiger partial charge in [0.15, 0.2) is 6.61 Å². The van der Waals surface area contributed by atoms with Crippen LogP contribution in [0.3, 0.4) is 0 Å². The first-order valence-corrected chi connectivity index (χ1v) is 7.90. The molecule has 0 atom stereocenters. The van der Waals surface area contributed by atoms with Crippen LogP contribution in [0, 0.1) is 0 Å². The lowest BCUT2D eigenvalue weighted by Crippen LogP contribution is -2.46. The number of carbonyl (C=O) groups is 3. The van der Waals surface area contributed by atoms with E-state index in [9.17, 15) is 27.6 Å². The van der Waals surface area contributed by atoms with Gasteiger partial charge >= 0.3 is 12.1 Å². The molecule has 1 heterocycles. The zero-order valence-corrected chi connectivity index (χ0v) is 14.2. The van der Waals surface area contributed by atoms with Crippen molar-refractivity contribution in [3.8, 4) is 5.75 Å². The Labute approximate surface area is 147 Å². The van der Waals surface area contributed by atoms with Crippen molar-refractivity contribution < 1.29 is 32.3 Å². The van der Waals surface area contributed by atoms with E-state index in [0.29, 0.717) is 13.1 Å². The van der Waals surface area contributed by atoms with Crippen LogP contribution in [0.5, 0.6) is 5.75 Å². The summed E-state index contributed by atoms with van der Waals surface area (Å²) in [6, 6.07) is 3.73. The summed E-state index contributed by atoms with van der Waals surface area (Å²) in [7, 11) is 0. The van der Waals surface area contributed by atoms with Crippen LogP contribution in [-0.4, -0.2) is 55.0 Å². The Morgan fingerprint density at radius 1 is 1.27 bits per heavy atom. The lowest BCUT2D eigenvalue weighted by atomic mass is 10.2. The van der Waals surface area contributed by atoms with Gasteiger partial charge in [-0.15, -0.1) is 0 Å². The number of carbonyl (C=O) groups excluding carboxylic acids is 3. The maximum atomic E-state index is 12.4. The van der Waals surface area contributed by atoms with Crippen LogP contribution in [0.1, 0.15) is 13.8 Å². The van der Waals surface area contributed by atoms with Gasteiger partial charge < -0.3 is 15.0 Å². The molecular weight excluding hydrogens is 355 g/mol. The standard InChI is InChI=1S/C16H18F3N3O4/c1-3-21(4-2)13(23)8-22-11-7-10(20-15(25)16(17,18)19)5-6-12(11)26-9-14(22)24/h5-7H,3-4,8-9H2,1-2H3,(H,20,25). The molecule has 0 fully saturated rings. The highest BCUT2D eigenvalue weighted by Gasteiger charge is 2.39. The minimum absolute atomic E-state index is 0.127. The van der Waals surface area contributed by atoms with Gasteiger partial charge in [0.25, 0.3) is 5.91 Å². The number of nitrogens with one attached hydrogen (secondary N) is 1. The topological polar surface area (TPSA) is 79.0 Å². The molecule has 0 spiro atoms. The molecule has 1 aromatic carbocycles. The molecule has 7 nitrogen and oxygen atoms in total. The number of benzene rings is 1. The number of hydrogen-bond donors (Lipinski definition) is 1. The van der Waals surface area contributed by atoms with Crippen LogP contribution in [0.15, 0.2) is 18.2 Å². The van der Waals surface area contributed by atoms with E-state index in [1.165, 1.54) is 23.1 Å². The molecule has 0 aromatic heterocycles. The van der Waals surface area contributed by atoms with Crippen LogP contribution in [0.25, 0.3) is 0 Å². The third-order valence-corrected chi connectivity index (χ3v) is 3.83. The maximum absolute atomic E-state index is 12.4. The van der Waals surface area contributed by atoms with Gasteiger partial charge in [0.2, 0.25) is 5.91 Å². The summed E-state index contributed by atoms with van der Waals surface area (Å²) in [4.78, 5) is 38.2. The van der Waals surface area contributed by atoms with Crippen molar-refractivity contribution in [3.63, 3.8) is 0 Å². The smallest absolute Gasteiger partial charge is 0.471 e. The Bertz CT molecular complexity index is 717. The third-order valence-electron chi connectivity index (χ3n) is 3.83. The van der Waals surface area contributed by atoms with Gasteiger partial charge in [-0.3, -0.25) is 19.3 Å². The Morgan fingerprint density at radius 2 is 1.92 bits per heavy atom. The predicted molar refractivity (Wildman–Crippen MR) is 86.9 cm³/mol. The second-order valence-electron chi connectivity index (χ2n) is 5.47. The number of ether oxygens (including phenoxy) is 1. The maximum Gasteiger partial charge on any atom is 0.471 e. The highest BCUT2D eigenvalue weighted by Crippen LogP contribution is 2.35. The average molecular weight is 373 g/mol. The Balaban J connectivity index is 2.28. The van der Waals surface area contributed by atoms with Crippen LogP contribution < -0.4 is 15.0 Å². The SMILES string of the molecule is CCN(CC)C(=O)CN1C(=O)COc2ccc(NC(=O)C(F)(F)F)cc21. The Kier molecular flexibility index (Phi) is 5.73. The molecule has 0 radical (unpaired) electrons. The van der Waals surface area contributed by atoms with E-state index in [4.69, 9.17) is 4.74 Å². The molecule has 1 aliphatic rings. The largest absolute Gasteiger partial charge is 0.482 e. The molecule has 142 valence electrons. The molecule has 1 aromatic rings. The van der Waals surface area contributed by atoms with E-state index < -0.39 is 18.0 Å². The minimum Gasteiger partial charge on any atom is -0.482 e. The number of rotatable bonds is 5. The molecule has 2 rings (SSSR count). The fraction of sp³-hybridized carbons (Fsp3) is 0.438. The molecule has 0 saturated heterocycles. The molecule has 10 heteroatoms. The van der Waals surface area contributed by atoms with E-state index in [1.54, 1.807) is 19.2 Å². The average Bonchev–Trinajstić information content (AvgIpc) is 2.57. The normalized spacial score (nSPS) is 13.7. The predicted octanol–water partition coefficient (Wildman–Crippen LogP) is 1.78. The first-order chi connectivity index (χ1) is 12.2. The molecule has 1 N–H and O–H groups in total. The van der Waals surface area contributed by atoms with Crippen LogP contribution in [0.2, 0.25) is 0 Å². The zero-order chi connectivity index (χ0) is 19.5. The molecule has 3 amide bonds. The van der Waals surface area contributed by atoms with Crippen molar-refractivity contribution in [2.24, 2.45) is 0 Å². The summed E-state index contributed by atoms with van der Waals surface area (Å²) >= 11 is 0. The number of fused-ring (bicyclic) bond motifs is 1. The van der Waals surface area contributed by atoms with E-state index in [0.717, 1.165) is 4.90 Å². The summed E-state index contributed by atoms with van der Waals surface area (Å²) in [6.07, 6.45) is -5.04. The number of anilines is 2. The number of hydrogen-bond acceptors (Lipinski definition) is 4. The highest BCUT2D eigenvalue weighted by atomic mass is 19.4. The molecule has 1 aliphatic heterocycles. The molecular formula is C16H18F3N3O4. The summed E-state index contributed by atoms with van der Waals surface area (Å²) < 4.78 is 42.4. The Hall–Kier alpha value is -2.78. The second kappa shape index (κ2) is 7.63. The molecule has 0 bridgehead atoms. The van der Waals surface area contributed by atoms with Gasteiger partial charge in [0.05, 0.1) is 5.69 Å². The zero-order valence-electron chi connectivity index (χ0n) is 14.2. The van der Waals surface area contributed by atoms with Gasteiger partial charge in [-0.1, -0.05) is 0 Å². The summed E-state index contributed by atoms with van der Waals surface area (Å²) in [5.74, 6) is -2.70. The molecule has 26 heavy (non-hydrogen) atoms. The van der Waals surface area contributed by atoms with Crippen molar-refractivity contribution in [1.29, 1.82) is 0 Å². The van der Waals surface area contributed by atoms with Crippen LogP contribution in [0.4, 0.5) is 24.5 Å². The third kappa shape index (κ3) is 4.24. The summed E-state index contributed by atoms with van der Waals surface area (Å²) in [5, 5.41) is 1.71. The second-order valence-corrected chi connectivity index (χ2v) is 5.47. The molecule has 0 saturated carbocycles. The quantitative estimate of drug-likeness (QED) is 0.853. The highest BCUT2D eigenvalue weighted by molar-refractivity contribution is 6.03. The van der Waals surface area contributed by atoms with E-state index in [1.807, 2.05) is 0 Å². The number of amides is 3. The monoisotopic (exact) mass is 373 g/mol. The lowest BCUT2D eigenvalue weighted by Gasteiger charge is -2.31. The van der Waals surface area contributed by atoms with Gasteiger partial charge in [-0.05, 0) is 32.0 Å². The number of nitrogens with zero attached hydrogens (tertiary/aromatic N) is 2. The van der Waals surface area contributed by atoms with Crippen LogP contribution >= 0.6 is 0 Å². The number of likely N-dealkylation sites (N-methyl/N-ethyl adjacent to an activating group) is 1. The first-order valence-electron chi connectivity index (χ1n) is 7.90. The van der Waals surface area contributed by atoms with E-state index >= 15 is 0 Å². The van der Waals surface area contributed by atoms with Crippen molar-refractivity contribution in [3.05, 3.63) is 18.2 Å². The summed E-state index contributed by atoms with van der Waals surface area (Å²) in [5.41, 5.74) is -0.0357. The molecule has 0 aliphatic carbocycles. The van der Waals surface area contributed by atoms with Crippen molar-refractivity contribution >= 4 is 29.1 Å². The van der Waals surface area contributed by atoms with Gasteiger partial charge in [-0.25, -0.2) is 0 Å². The van der Waals surface area contributed by atoms with Crippen molar-refractivity contribution in [1.82, 2.24) is 4.90 Å².